The lowest BCUT2D eigenvalue weighted by molar-refractivity contribution is 0.474. The Morgan fingerprint density at radius 3 is 2.15 bits per heavy atom. The third kappa shape index (κ3) is 1.32. The largest absolute Gasteiger partial charge is 0.508 e. The van der Waals surface area contributed by atoms with Gasteiger partial charge in [0.15, 0.2) is 0 Å². The van der Waals surface area contributed by atoms with Crippen LogP contribution in [0.3, 0.4) is 0 Å². The fraction of sp³-hybridized carbons (Fsp3) is 0.500. The van der Waals surface area contributed by atoms with Crippen LogP contribution in [0.2, 0.25) is 0 Å². The van der Waals surface area contributed by atoms with Crippen molar-refractivity contribution in [2.75, 3.05) is 0 Å². The summed E-state index contributed by atoms with van der Waals surface area (Å²) in [5.41, 5.74) is 2.95. The molecular weight excluding hydrogens is 160 g/mol. The molecule has 1 N–H and O–H groups in total. The lowest BCUT2D eigenvalue weighted by Crippen LogP contribution is -1.89. The first kappa shape index (κ1) is 7.43. The van der Waals surface area contributed by atoms with Crippen molar-refractivity contribution < 1.29 is 5.11 Å². The molecule has 2 aliphatic carbocycles. The first-order valence-electron chi connectivity index (χ1n) is 5.17. The standard InChI is InChI=1S/C12H14O/c13-10-5-6-11(8-1-2-8)12(7-10)9-3-4-9/h5-9,13H,1-4H2. The van der Waals surface area contributed by atoms with Crippen LogP contribution < -0.4 is 0 Å². The van der Waals surface area contributed by atoms with Gasteiger partial charge in [-0.25, -0.2) is 0 Å². The van der Waals surface area contributed by atoms with E-state index in [2.05, 4.69) is 6.07 Å². The Kier molecular flexibility index (Phi) is 1.43. The van der Waals surface area contributed by atoms with Crippen molar-refractivity contribution in [1.29, 1.82) is 0 Å². The number of hydrogen-bond acceptors (Lipinski definition) is 1. The van der Waals surface area contributed by atoms with Crippen LogP contribution in [0.1, 0.15) is 48.6 Å². The highest BCUT2D eigenvalue weighted by atomic mass is 16.3. The smallest absolute Gasteiger partial charge is 0.115 e. The van der Waals surface area contributed by atoms with E-state index in [1.54, 1.807) is 0 Å². The molecule has 2 aliphatic rings. The Bertz CT molecular complexity index is 335. The SMILES string of the molecule is Oc1ccc(C2CC2)c(C2CC2)c1. The van der Waals surface area contributed by atoms with Gasteiger partial charge >= 0.3 is 0 Å². The summed E-state index contributed by atoms with van der Waals surface area (Å²) < 4.78 is 0. The molecule has 0 bridgehead atoms. The Morgan fingerprint density at radius 1 is 0.923 bits per heavy atom. The van der Waals surface area contributed by atoms with E-state index in [1.165, 1.54) is 36.8 Å². The van der Waals surface area contributed by atoms with Gasteiger partial charge in [0.05, 0.1) is 0 Å². The van der Waals surface area contributed by atoms with Gasteiger partial charge in [0.2, 0.25) is 0 Å². The quantitative estimate of drug-likeness (QED) is 0.730. The highest BCUT2D eigenvalue weighted by Crippen LogP contribution is 2.49. The van der Waals surface area contributed by atoms with Gasteiger partial charge in [0, 0.05) is 0 Å². The van der Waals surface area contributed by atoms with Crippen molar-refractivity contribution >= 4 is 0 Å². The molecule has 0 amide bonds. The fourth-order valence-electron chi connectivity index (χ4n) is 2.08. The molecule has 0 atom stereocenters. The van der Waals surface area contributed by atoms with Crippen LogP contribution in [0.15, 0.2) is 18.2 Å². The van der Waals surface area contributed by atoms with Gasteiger partial charge in [0.1, 0.15) is 5.75 Å². The predicted octanol–water partition coefficient (Wildman–Crippen LogP) is 3.15. The maximum absolute atomic E-state index is 9.42. The van der Waals surface area contributed by atoms with Gasteiger partial charge in [-0.1, -0.05) is 6.07 Å². The third-order valence-corrected chi connectivity index (χ3v) is 3.10. The summed E-state index contributed by atoms with van der Waals surface area (Å²) in [6.45, 7) is 0. The molecule has 2 saturated carbocycles. The Morgan fingerprint density at radius 2 is 1.54 bits per heavy atom. The molecule has 68 valence electrons. The minimum atomic E-state index is 0.436. The molecule has 1 heteroatoms. The van der Waals surface area contributed by atoms with E-state index in [0.29, 0.717) is 5.75 Å². The highest BCUT2D eigenvalue weighted by Gasteiger charge is 2.32. The molecule has 0 aliphatic heterocycles. The minimum Gasteiger partial charge on any atom is -0.508 e. The monoisotopic (exact) mass is 174 g/mol. The predicted molar refractivity (Wildman–Crippen MR) is 52.1 cm³/mol. The summed E-state index contributed by atoms with van der Waals surface area (Å²) in [6.07, 6.45) is 5.35. The number of phenolic OH excluding ortho intramolecular Hbond substituents is 1. The number of rotatable bonds is 2. The summed E-state index contributed by atoms with van der Waals surface area (Å²) in [7, 11) is 0. The van der Waals surface area contributed by atoms with Gasteiger partial charge in [-0.15, -0.1) is 0 Å². The van der Waals surface area contributed by atoms with Gasteiger partial charge in [-0.05, 0) is 60.8 Å². The number of aromatic hydroxyl groups is 1. The Labute approximate surface area is 78.4 Å². The molecule has 0 aromatic heterocycles. The summed E-state index contributed by atoms with van der Waals surface area (Å²) in [5.74, 6) is 2.02. The maximum Gasteiger partial charge on any atom is 0.115 e. The van der Waals surface area contributed by atoms with E-state index in [4.69, 9.17) is 0 Å². The van der Waals surface area contributed by atoms with E-state index >= 15 is 0 Å². The Hall–Kier alpha value is -0.980. The van der Waals surface area contributed by atoms with Crippen LogP contribution in [0.25, 0.3) is 0 Å². The first-order chi connectivity index (χ1) is 6.34. The molecule has 3 rings (SSSR count). The lowest BCUT2D eigenvalue weighted by Gasteiger charge is -2.07. The lowest BCUT2D eigenvalue weighted by atomic mass is 9.99. The Balaban J connectivity index is 2.04. The van der Waals surface area contributed by atoms with Gasteiger partial charge in [-0.2, -0.15) is 0 Å². The van der Waals surface area contributed by atoms with Gasteiger partial charge < -0.3 is 5.11 Å². The second-order valence-electron chi connectivity index (χ2n) is 4.36. The molecule has 0 unspecified atom stereocenters. The number of hydrogen-bond donors (Lipinski definition) is 1. The molecule has 1 aromatic carbocycles. The summed E-state index contributed by atoms with van der Waals surface area (Å²) in [5, 5.41) is 9.42. The van der Waals surface area contributed by atoms with Crippen molar-refractivity contribution in [3.63, 3.8) is 0 Å². The second kappa shape index (κ2) is 2.50. The third-order valence-electron chi connectivity index (χ3n) is 3.10. The zero-order valence-electron chi connectivity index (χ0n) is 7.66. The zero-order chi connectivity index (χ0) is 8.84. The normalized spacial score (nSPS) is 21.8. The average Bonchev–Trinajstić information content (AvgIpc) is 3.00. The van der Waals surface area contributed by atoms with Crippen LogP contribution in [-0.4, -0.2) is 5.11 Å². The van der Waals surface area contributed by atoms with E-state index in [-0.39, 0.29) is 0 Å². The zero-order valence-corrected chi connectivity index (χ0v) is 7.66. The molecule has 13 heavy (non-hydrogen) atoms. The van der Waals surface area contributed by atoms with Crippen LogP contribution >= 0.6 is 0 Å². The second-order valence-corrected chi connectivity index (χ2v) is 4.36. The van der Waals surface area contributed by atoms with Crippen LogP contribution in [0, 0.1) is 0 Å². The molecule has 0 spiro atoms. The fourth-order valence-corrected chi connectivity index (χ4v) is 2.08. The average molecular weight is 174 g/mol. The molecule has 0 saturated heterocycles. The molecule has 1 nitrogen and oxygen atoms in total. The molecule has 0 radical (unpaired) electrons. The van der Waals surface area contributed by atoms with Crippen LogP contribution in [0.5, 0.6) is 5.75 Å². The summed E-state index contributed by atoms with van der Waals surface area (Å²) in [4.78, 5) is 0. The number of phenols is 1. The van der Waals surface area contributed by atoms with Crippen molar-refractivity contribution in [2.45, 2.75) is 37.5 Å². The topological polar surface area (TPSA) is 20.2 Å². The summed E-state index contributed by atoms with van der Waals surface area (Å²) in [6, 6.07) is 5.94. The maximum atomic E-state index is 9.42. The van der Waals surface area contributed by atoms with E-state index in [9.17, 15) is 5.11 Å². The number of benzene rings is 1. The van der Waals surface area contributed by atoms with E-state index in [1.807, 2.05) is 12.1 Å². The van der Waals surface area contributed by atoms with Crippen molar-refractivity contribution in [3.8, 4) is 5.75 Å². The van der Waals surface area contributed by atoms with Gasteiger partial charge in [0.25, 0.3) is 0 Å². The molecule has 0 heterocycles. The molecule has 2 fully saturated rings. The summed E-state index contributed by atoms with van der Waals surface area (Å²) >= 11 is 0. The van der Waals surface area contributed by atoms with E-state index < -0.39 is 0 Å². The minimum absolute atomic E-state index is 0.436. The van der Waals surface area contributed by atoms with Crippen molar-refractivity contribution in [2.24, 2.45) is 0 Å². The molecular formula is C12H14O. The van der Waals surface area contributed by atoms with Crippen LogP contribution in [-0.2, 0) is 0 Å². The van der Waals surface area contributed by atoms with Crippen molar-refractivity contribution in [3.05, 3.63) is 29.3 Å². The van der Waals surface area contributed by atoms with Gasteiger partial charge in [-0.3, -0.25) is 0 Å². The van der Waals surface area contributed by atoms with E-state index in [0.717, 1.165) is 11.8 Å². The highest BCUT2D eigenvalue weighted by molar-refractivity contribution is 5.42. The first-order valence-corrected chi connectivity index (χ1v) is 5.17. The molecule has 1 aromatic rings. The van der Waals surface area contributed by atoms with Crippen LogP contribution in [0.4, 0.5) is 0 Å². The van der Waals surface area contributed by atoms with Crippen molar-refractivity contribution in [1.82, 2.24) is 0 Å².